The summed E-state index contributed by atoms with van der Waals surface area (Å²) in [6, 6.07) is 17.8. The zero-order valence-electron chi connectivity index (χ0n) is 56.2. The summed E-state index contributed by atoms with van der Waals surface area (Å²) in [7, 11) is 3.55. The molecule has 0 bridgehead atoms. The van der Waals surface area contributed by atoms with Gasteiger partial charge in [0.25, 0.3) is 17.7 Å². The van der Waals surface area contributed by atoms with Crippen molar-refractivity contribution in [2.75, 3.05) is 93.4 Å². The largest absolute Gasteiger partial charge is 0.493 e. The first-order chi connectivity index (χ1) is 47.0. The molecule has 1 aliphatic carbocycles. The highest BCUT2D eigenvalue weighted by atomic mass is 35.5. The number of likely N-dealkylation sites (tertiary alicyclic amines) is 3. The van der Waals surface area contributed by atoms with Crippen LogP contribution in [0.4, 0.5) is 48.3 Å². The van der Waals surface area contributed by atoms with Gasteiger partial charge in [0.1, 0.15) is 39.6 Å². The quantitative estimate of drug-likeness (QED) is 0.129. The van der Waals surface area contributed by atoms with Crippen molar-refractivity contribution in [3.05, 3.63) is 152 Å². The van der Waals surface area contributed by atoms with Gasteiger partial charge in [0, 0.05) is 126 Å². The summed E-state index contributed by atoms with van der Waals surface area (Å²) in [4.78, 5) is 50.2. The Labute approximate surface area is 578 Å². The Morgan fingerprint density at radius 3 is 1.35 bits per heavy atom. The lowest BCUT2D eigenvalue weighted by Gasteiger charge is -2.50. The fraction of sp³-hybridized carbons (Fsp3) is 0.522. The molecule has 13 rings (SSSR count). The molecule has 6 aromatic rings. The van der Waals surface area contributed by atoms with Crippen LogP contribution >= 0.6 is 11.6 Å². The Morgan fingerprint density at radius 1 is 0.530 bits per heavy atom. The van der Waals surface area contributed by atoms with E-state index in [1.807, 2.05) is 39.2 Å². The SMILES string of the molecule is CC(C)Oc1ccc(C(=O)N2CCC3(CC2)c2ccc(S(C)(=O)=O)n2CCN3C)cc1Cl.CN1CCn2c(C(F)(F)F)cc(F)c2C12CCN(C(=O)c1ccc(C3(O)CCC3)c(F)c1)CC2.COc1cc(C(=O)N2CCC3(CC2)c2c(F)cc(C(F)(F)F)n2CCN3C)ccc1OC(F)F.[HH]. The van der Waals surface area contributed by atoms with Crippen molar-refractivity contribution in [1.29, 1.82) is 0 Å². The first-order valence-electron chi connectivity index (χ1n) is 32.9. The lowest BCUT2D eigenvalue weighted by atomic mass is 9.75. The first-order valence-corrected chi connectivity index (χ1v) is 35.2. The number of methoxy groups -OCH3 is 1. The molecule has 31 heteroatoms. The van der Waals surface area contributed by atoms with Crippen LogP contribution in [0.1, 0.15) is 138 Å². The molecule has 3 saturated heterocycles. The summed E-state index contributed by atoms with van der Waals surface area (Å²) in [6.45, 7) is 4.81. The molecule has 3 amide bonds. The molecule has 9 heterocycles. The molecule has 0 atom stereocenters. The molecule has 18 nitrogen and oxygen atoms in total. The average Bonchev–Trinajstić information content (AvgIpc) is 1.65. The van der Waals surface area contributed by atoms with E-state index < -0.39 is 86.1 Å². The summed E-state index contributed by atoms with van der Waals surface area (Å²) in [5, 5.41) is 11.2. The normalized spacial score (nSPS) is 19.7. The number of hydrogen-bond acceptors (Lipinski definition) is 12. The van der Waals surface area contributed by atoms with Crippen LogP contribution in [-0.4, -0.2) is 180 Å². The Hall–Kier alpha value is -7.38. The zero-order chi connectivity index (χ0) is 72.6. The molecular weight excluding hydrogens is 1380 g/mol. The molecule has 546 valence electrons. The molecule has 4 fully saturated rings. The summed E-state index contributed by atoms with van der Waals surface area (Å²) in [6.07, 6.45) is -3.84. The van der Waals surface area contributed by atoms with Crippen LogP contribution in [0.3, 0.4) is 0 Å². The minimum absolute atomic E-state index is 0. The maximum Gasteiger partial charge on any atom is 0.431 e. The van der Waals surface area contributed by atoms with Crippen LogP contribution in [0.2, 0.25) is 5.02 Å². The number of benzene rings is 3. The van der Waals surface area contributed by atoms with Crippen LogP contribution in [0, 0.1) is 17.5 Å². The molecule has 1 saturated carbocycles. The fourth-order valence-electron chi connectivity index (χ4n) is 15.7. The van der Waals surface area contributed by atoms with Gasteiger partial charge < -0.3 is 47.7 Å². The van der Waals surface area contributed by atoms with Gasteiger partial charge in [-0.3, -0.25) is 29.1 Å². The van der Waals surface area contributed by atoms with E-state index in [1.165, 1.54) is 53.5 Å². The number of carbonyl (C=O) groups is 3. The third-order valence-corrected chi connectivity index (χ3v) is 22.6. The Bertz CT molecular complexity index is 4190. The van der Waals surface area contributed by atoms with Crippen LogP contribution < -0.4 is 14.2 Å². The third kappa shape index (κ3) is 13.8. The van der Waals surface area contributed by atoms with E-state index in [0.29, 0.717) is 79.1 Å². The van der Waals surface area contributed by atoms with E-state index in [4.69, 9.17) is 21.1 Å². The van der Waals surface area contributed by atoms with Crippen molar-refractivity contribution >= 4 is 39.2 Å². The summed E-state index contributed by atoms with van der Waals surface area (Å²) in [5.41, 5.74) is -3.29. The van der Waals surface area contributed by atoms with Gasteiger partial charge in [-0.2, -0.15) is 35.1 Å². The topological polar surface area (TPSA) is 168 Å². The van der Waals surface area contributed by atoms with E-state index in [-0.39, 0.29) is 124 Å². The molecule has 1 N–H and O–H groups in total. The Balaban J connectivity index is 0.000000163. The van der Waals surface area contributed by atoms with Gasteiger partial charge >= 0.3 is 19.0 Å². The third-order valence-electron chi connectivity index (χ3n) is 21.2. The predicted molar refractivity (Wildman–Crippen MR) is 348 cm³/mol. The number of sulfone groups is 1. The standard InChI is InChI=1S/C24H26F5N3O2.C23H30ClN3O4S.C22H23F6N3O3.H2/c1-30-11-12-32-19(24(27,28)29)14-18(26)20(32)22(30)7-9-31(10-8-22)21(33)15-3-4-16(17(25)13-15)23(34)5-2-6-23;1-16(2)31-19-6-5-17(15-18(19)24)22(28)26-11-9-23(10-12-26)20-7-8-21(32(4,29)30)27(20)14-13-25(23)3;1-29-9-10-31-17(22(26,27)28)12-14(23)18(31)21(29)5-7-30(8-6-21)19(32)13-3-4-15(34-20(24)25)16(11-13)33-2;/h3-4,13-14,34H,2,5-12H2,1H3;5-8,15-16H,9-14H2,1-4H3;3-4,11-12,20H,5-10H2,1-2H3;1H. The lowest BCUT2D eigenvalue weighted by molar-refractivity contribution is -0.145. The minimum atomic E-state index is -4.67. The molecule has 0 radical (unpaired) electrons. The van der Waals surface area contributed by atoms with Crippen LogP contribution in [0.15, 0.2) is 83.9 Å². The van der Waals surface area contributed by atoms with Crippen molar-refractivity contribution < 1.29 is 91.8 Å². The predicted octanol–water partition coefficient (Wildman–Crippen LogP) is 12.2. The van der Waals surface area contributed by atoms with Crippen molar-refractivity contribution in [1.82, 2.24) is 43.1 Å². The van der Waals surface area contributed by atoms with Gasteiger partial charge in [0.15, 0.2) is 21.3 Å². The molecule has 7 aliphatic rings. The second-order valence-corrected chi connectivity index (χ2v) is 29.5. The van der Waals surface area contributed by atoms with E-state index >= 15 is 0 Å². The summed E-state index contributed by atoms with van der Waals surface area (Å²) in [5.74, 6) is -2.95. The van der Waals surface area contributed by atoms with Crippen molar-refractivity contribution in [3.8, 4) is 17.2 Å². The highest BCUT2D eigenvalue weighted by molar-refractivity contribution is 7.90. The van der Waals surface area contributed by atoms with Crippen LogP contribution in [0.25, 0.3) is 0 Å². The molecule has 3 aromatic heterocycles. The number of rotatable bonds is 10. The number of aliphatic hydroxyl groups is 1. The first kappa shape index (κ1) is 73.8. The monoisotopic (exact) mass is 1460 g/mol. The Kier molecular flexibility index (Phi) is 20.5. The molecule has 6 aliphatic heterocycles. The number of amides is 3. The summed E-state index contributed by atoms with van der Waals surface area (Å²) >= 11 is 6.33. The number of alkyl halides is 8. The van der Waals surface area contributed by atoms with Crippen LogP contribution in [-0.2, 0) is 64.0 Å². The van der Waals surface area contributed by atoms with Crippen molar-refractivity contribution in [3.63, 3.8) is 0 Å². The second kappa shape index (κ2) is 27.8. The van der Waals surface area contributed by atoms with Gasteiger partial charge in [-0.15, -0.1) is 0 Å². The maximum atomic E-state index is 14.9. The number of likely N-dealkylation sites (N-methyl/N-ethyl adjacent to an activating group) is 3. The Morgan fingerprint density at radius 2 is 0.950 bits per heavy atom. The van der Waals surface area contributed by atoms with Crippen molar-refractivity contribution in [2.45, 2.75) is 144 Å². The number of aromatic nitrogens is 3. The van der Waals surface area contributed by atoms with Gasteiger partial charge in [0.05, 0.1) is 51.8 Å². The molecule has 3 aromatic carbocycles. The van der Waals surface area contributed by atoms with Gasteiger partial charge in [-0.05, 0) is 153 Å². The number of hydrogen-bond donors (Lipinski definition) is 1. The van der Waals surface area contributed by atoms with Crippen molar-refractivity contribution in [2.24, 2.45) is 0 Å². The number of halogens is 12. The number of nitrogens with zero attached hydrogens (tertiary/aromatic N) is 9. The highest BCUT2D eigenvalue weighted by Crippen LogP contribution is 2.49. The second-order valence-electron chi connectivity index (χ2n) is 27.1. The van der Waals surface area contributed by atoms with Gasteiger partial charge in [0.2, 0.25) is 0 Å². The van der Waals surface area contributed by atoms with Crippen LogP contribution in [0.5, 0.6) is 17.2 Å². The molecule has 3 spiro atoms. The number of carbonyl (C=O) groups excluding carboxylic acids is 3. The number of fused-ring (bicyclic) bond motifs is 6. The maximum absolute atomic E-state index is 14.9. The molecule has 0 unspecified atom stereocenters. The van der Waals surface area contributed by atoms with E-state index in [0.717, 1.165) is 46.7 Å². The zero-order valence-corrected chi connectivity index (χ0v) is 57.8. The average molecular weight is 1460 g/mol. The number of ether oxygens (including phenoxy) is 3. The minimum Gasteiger partial charge on any atom is -0.493 e. The smallest absolute Gasteiger partial charge is 0.431 e. The molecule has 100 heavy (non-hydrogen) atoms. The van der Waals surface area contributed by atoms with Gasteiger partial charge in [-0.1, -0.05) is 17.7 Å². The highest BCUT2D eigenvalue weighted by Gasteiger charge is 2.53. The fourth-order valence-corrected chi connectivity index (χ4v) is 16.8. The van der Waals surface area contributed by atoms with Gasteiger partial charge in [-0.25, -0.2) is 21.6 Å². The van der Waals surface area contributed by atoms with E-state index in [1.54, 1.807) is 38.4 Å². The molecular formula is C69H81ClF11N9O9S. The van der Waals surface area contributed by atoms with E-state index in [9.17, 15) is 76.2 Å². The summed E-state index contributed by atoms with van der Waals surface area (Å²) < 4.78 is 194. The van der Waals surface area contributed by atoms with E-state index in [2.05, 4.69) is 16.7 Å². The number of piperidine rings is 3. The lowest BCUT2D eigenvalue weighted by Crippen LogP contribution is -2.57.